The van der Waals surface area contributed by atoms with Gasteiger partial charge in [-0.3, -0.25) is 0 Å². The Balaban J connectivity index is 0.000000370. The van der Waals surface area contributed by atoms with Gasteiger partial charge in [0.15, 0.2) is 0 Å². The van der Waals surface area contributed by atoms with Crippen molar-refractivity contribution in [3.05, 3.63) is 95.6 Å². The molecule has 0 heterocycles. The van der Waals surface area contributed by atoms with Gasteiger partial charge in [-0.05, 0) is 107 Å². The van der Waals surface area contributed by atoms with Crippen LogP contribution in [0.4, 0.5) is 5.69 Å². The number of para-hydroxylation sites is 1. The molecule has 2 aliphatic rings. The predicted molar refractivity (Wildman–Crippen MR) is 243 cm³/mol. The monoisotopic (exact) mass is 919 g/mol. The minimum atomic E-state index is -3.92. The summed E-state index contributed by atoms with van der Waals surface area (Å²) in [7, 11) is 1.40. The average molecular weight is 921 g/mol. The minimum absolute atomic E-state index is 0. The fourth-order valence-corrected chi connectivity index (χ4v) is 12.6. The van der Waals surface area contributed by atoms with E-state index in [-0.39, 0.29) is 28.3 Å². The van der Waals surface area contributed by atoms with E-state index in [1.165, 1.54) is 103 Å². The summed E-state index contributed by atoms with van der Waals surface area (Å²) in [6.07, 6.45) is 14.5. The van der Waals surface area contributed by atoms with Crippen molar-refractivity contribution in [1.82, 2.24) is 0 Å². The Hall–Kier alpha value is -2.72. The van der Waals surface area contributed by atoms with Crippen molar-refractivity contribution in [3.8, 4) is 33.8 Å². The van der Waals surface area contributed by atoms with Gasteiger partial charge in [-0.15, -0.1) is 0 Å². The fraction of sp³-hybridized carbons (Fsp3) is 0.510. The molecule has 4 aromatic rings. The maximum atomic E-state index is 9.08. The van der Waals surface area contributed by atoms with Crippen LogP contribution in [0.5, 0.6) is 11.5 Å². The van der Waals surface area contributed by atoms with Crippen molar-refractivity contribution in [2.75, 3.05) is 32.8 Å². The predicted octanol–water partition coefficient (Wildman–Crippen LogP) is 12.9. The molecule has 0 atom stereocenters. The van der Waals surface area contributed by atoms with Crippen LogP contribution < -0.4 is 20.1 Å². The first kappa shape index (κ1) is 49.6. The van der Waals surface area contributed by atoms with Crippen molar-refractivity contribution in [2.45, 2.75) is 135 Å². The summed E-state index contributed by atoms with van der Waals surface area (Å²) in [5, 5.41) is 4.69. The Morgan fingerprint density at radius 1 is 0.707 bits per heavy atom. The van der Waals surface area contributed by atoms with Crippen LogP contribution >= 0.6 is 7.92 Å². The molecular weight excluding hydrogens is 852 g/mol. The molecule has 58 heavy (non-hydrogen) atoms. The first-order chi connectivity index (χ1) is 27.2. The van der Waals surface area contributed by atoms with Gasteiger partial charge in [-0.1, -0.05) is 143 Å². The molecule has 0 unspecified atom stereocenters. The number of methoxy groups -OCH3 is 2. The molecule has 321 valence electrons. The second kappa shape index (κ2) is 23.9. The molecule has 0 spiro atoms. The van der Waals surface area contributed by atoms with E-state index in [4.69, 9.17) is 22.4 Å². The molecule has 0 saturated heterocycles. The van der Waals surface area contributed by atoms with Crippen molar-refractivity contribution in [3.63, 3.8) is 0 Å². The van der Waals surface area contributed by atoms with Gasteiger partial charge >= 0.3 is 0 Å². The van der Waals surface area contributed by atoms with Gasteiger partial charge in [0, 0.05) is 55.8 Å². The number of hydrogen-bond acceptors (Lipinski definition) is 6. The molecule has 0 amide bonds. The zero-order chi connectivity index (χ0) is 41.7. The van der Waals surface area contributed by atoms with E-state index in [2.05, 4.69) is 95.4 Å². The normalized spacial score (nSPS) is 14.9. The first-order valence-electron chi connectivity index (χ1n) is 21.1. The number of nitrogens with one attached hydrogen (secondary N) is 1. The van der Waals surface area contributed by atoms with Crippen LogP contribution in [-0.4, -0.2) is 51.8 Å². The number of ether oxygens (including phenoxy) is 2. The van der Waals surface area contributed by atoms with Gasteiger partial charge < -0.3 is 19.3 Å². The molecule has 6 rings (SSSR count). The molecular formula is C49H68NO5PPdS-. The topological polar surface area (TPSA) is 87.7 Å². The van der Waals surface area contributed by atoms with Crippen molar-refractivity contribution >= 4 is 29.0 Å². The van der Waals surface area contributed by atoms with Gasteiger partial charge in [0.1, 0.15) is 11.5 Å². The van der Waals surface area contributed by atoms with E-state index >= 15 is 0 Å². The smallest absolute Gasteiger partial charge is 0.127 e. The molecule has 2 aliphatic carbocycles. The molecule has 0 aliphatic heterocycles. The second-order valence-electron chi connectivity index (χ2n) is 16.5. The van der Waals surface area contributed by atoms with Crippen LogP contribution in [-0.2, 0) is 30.5 Å². The third-order valence-corrected chi connectivity index (χ3v) is 14.9. The van der Waals surface area contributed by atoms with E-state index in [0.717, 1.165) is 34.1 Å². The van der Waals surface area contributed by atoms with Crippen LogP contribution in [0.1, 0.15) is 140 Å². The van der Waals surface area contributed by atoms with Crippen LogP contribution in [0.25, 0.3) is 22.3 Å². The summed E-state index contributed by atoms with van der Waals surface area (Å²) in [6.45, 7) is 14.1. The summed E-state index contributed by atoms with van der Waals surface area (Å²) >= 11 is 0. The van der Waals surface area contributed by atoms with Gasteiger partial charge in [0.05, 0.1) is 24.3 Å². The first-order valence-corrected chi connectivity index (χ1v) is 24.4. The van der Waals surface area contributed by atoms with Gasteiger partial charge in [-0.25, -0.2) is 8.42 Å². The van der Waals surface area contributed by atoms with Crippen LogP contribution in [0.2, 0.25) is 0 Å². The van der Waals surface area contributed by atoms with Crippen LogP contribution in [0.15, 0.2) is 72.8 Å². The number of hydrogen-bond donors (Lipinski definition) is 1. The molecule has 9 heteroatoms. The quantitative estimate of drug-likeness (QED) is 0.0916. The summed E-state index contributed by atoms with van der Waals surface area (Å²) < 4.78 is 39.8. The second-order valence-corrected chi connectivity index (χ2v) is 20.6. The van der Waals surface area contributed by atoms with Crippen LogP contribution in [0.3, 0.4) is 0 Å². The number of benzene rings is 4. The van der Waals surface area contributed by atoms with Crippen molar-refractivity contribution in [1.29, 1.82) is 0 Å². The molecule has 2 saturated carbocycles. The minimum Gasteiger partial charge on any atom is -0.748 e. The maximum Gasteiger partial charge on any atom is 0.127 e. The third kappa shape index (κ3) is 13.7. The molecule has 4 aromatic carbocycles. The van der Waals surface area contributed by atoms with Crippen molar-refractivity contribution < 1.29 is 42.9 Å². The van der Waals surface area contributed by atoms with E-state index in [9.17, 15) is 0 Å². The third-order valence-electron chi connectivity index (χ3n) is 11.3. The van der Waals surface area contributed by atoms with Gasteiger partial charge in [0.2, 0.25) is 0 Å². The summed E-state index contributed by atoms with van der Waals surface area (Å²) in [5.41, 5.74) is 12.2. The molecule has 0 aromatic heterocycles. The Labute approximate surface area is 366 Å². The van der Waals surface area contributed by atoms with E-state index in [0.29, 0.717) is 24.0 Å². The summed E-state index contributed by atoms with van der Waals surface area (Å²) in [5.74, 6) is 3.50. The number of rotatable bonds is 11. The summed E-state index contributed by atoms with van der Waals surface area (Å²) in [6, 6.07) is 28.8. The van der Waals surface area contributed by atoms with E-state index < -0.39 is 10.1 Å². The zero-order valence-corrected chi connectivity index (χ0v) is 39.9. The Kier molecular flexibility index (Phi) is 20.5. The Morgan fingerprint density at radius 3 is 1.62 bits per heavy atom. The SMILES string of the molecule is CNc1ccccc1-c1[c]cccc1.COc1ccc(OC)c(P(C2CCCCC2)C2CCCCC2)c1-c1c(C(C)C)cc(C(C)C)cc1C(C)C.CS(=O)(=O)[O-].[Pd]. The van der Waals surface area contributed by atoms with E-state index in [1.54, 1.807) is 0 Å². The zero-order valence-electron chi connectivity index (χ0n) is 36.6. The molecule has 6 nitrogen and oxygen atoms in total. The Bertz CT molecular complexity index is 1900. The molecule has 2 fully saturated rings. The van der Waals surface area contributed by atoms with Crippen LogP contribution in [0, 0.1) is 6.07 Å². The van der Waals surface area contributed by atoms with Crippen molar-refractivity contribution in [2.24, 2.45) is 0 Å². The fourth-order valence-electron chi connectivity index (χ4n) is 8.51. The largest absolute Gasteiger partial charge is 0.748 e. The van der Waals surface area contributed by atoms with E-state index in [1.807, 2.05) is 51.6 Å². The van der Waals surface area contributed by atoms with Gasteiger partial charge in [0.25, 0.3) is 0 Å². The molecule has 1 radical (unpaired) electrons. The summed E-state index contributed by atoms with van der Waals surface area (Å²) in [4.78, 5) is 0. The standard InChI is InChI=1S/C35H53O2P.C13H12N.CH4O3S.Pd/c1-23(2)26-21-29(24(3)4)33(30(22-26)25(5)6)34-31(36-7)19-20-32(37-8)35(34)38(27-15-11-9-12-16-27)28-17-13-10-14-18-28;1-14-13-10-6-5-9-12(13)11-7-3-2-4-8-11;1-5(2,3)4;/h19-25,27-28H,9-18H2,1-8H3;2-7,9-10,14H,1H3;1H3,(H,2,3,4);/p-1. The Morgan fingerprint density at radius 2 is 1.19 bits per heavy atom. The molecule has 1 N–H and O–H groups in total. The maximum absolute atomic E-state index is 9.08. The number of anilines is 1. The average Bonchev–Trinajstić information content (AvgIpc) is 3.21. The van der Waals surface area contributed by atoms with Gasteiger partial charge in [-0.2, -0.15) is 0 Å². The molecule has 0 bridgehead atoms.